The second-order valence-electron chi connectivity index (χ2n) is 4.06. The number of rotatable bonds is 3. The largest absolute Gasteiger partial charge is 0.300 e. The van der Waals surface area contributed by atoms with Gasteiger partial charge in [-0.2, -0.15) is 0 Å². The van der Waals surface area contributed by atoms with E-state index in [1.165, 1.54) is 9.13 Å². The molecule has 0 amide bonds. The van der Waals surface area contributed by atoms with Gasteiger partial charge in [0.05, 0.1) is 0 Å². The smallest absolute Gasteiger partial charge is 0.114 e. The van der Waals surface area contributed by atoms with E-state index in [0.29, 0.717) is 13.0 Å². The van der Waals surface area contributed by atoms with Gasteiger partial charge in [-0.25, -0.2) is 4.39 Å². The van der Waals surface area contributed by atoms with Crippen LogP contribution in [0.3, 0.4) is 0 Å². The standard InChI is InChI=1S/C12H15FIN/c13-11-6-8-15(9-11)7-5-10-1-3-12(14)4-2-10/h1-4,11H,5-9H2. The van der Waals surface area contributed by atoms with Gasteiger partial charge >= 0.3 is 0 Å². The van der Waals surface area contributed by atoms with Crippen LogP contribution >= 0.6 is 22.6 Å². The average molecular weight is 319 g/mol. The molecule has 15 heavy (non-hydrogen) atoms. The van der Waals surface area contributed by atoms with Crippen molar-refractivity contribution < 1.29 is 4.39 Å². The van der Waals surface area contributed by atoms with Crippen LogP contribution < -0.4 is 0 Å². The molecular weight excluding hydrogens is 304 g/mol. The lowest BCUT2D eigenvalue weighted by Gasteiger charge is -2.14. The SMILES string of the molecule is FC1CCN(CCc2ccc(I)cc2)C1. The summed E-state index contributed by atoms with van der Waals surface area (Å²) in [4.78, 5) is 2.21. The van der Waals surface area contributed by atoms with E-state index in [-0.39, 0.29) is 0 Å². The maximum atomic E-state index is 12.9. The van der Waals surface area contributed by atoms with Gasteiger partial charge in [0.25, 0.3) is 0 Å². The maximum absolute atomic E-state index is 12.9. The van der Waals surface area contributed by atoms with Gasteiger partial charge in [0.2, 0.25) is 0 Å². The first-order chi connectivity index (χ1) is 7.24. The van der Waals surface area contributed by atoms with Crippen LogP contribution in [0.15, 0.2) is 24.3 Å². The van der Waals surface area contributed by atoms with Crippen molar-refractivity contribution in [2.75, 3.05) is 19.6 Å². The van der Waals surface area contributed by atoms with E-state index in [9.17, 15) is 4.39 Å². The van der Waals surface area contributed by atoms with E-state index in [0.717, 1.165) is 19.5 Å². The number of halogens is 2. The lowest BCUT2D eigenvalue weighted by Crippen LogP contribution is -2.23. The average Bonchev–Trinajstić information content (AvgIpc) is 2.64. The Bertz CT molecular complexity index is 312. The van der Waals surface area contributed by atoms with Crippen LogP contribution in [-0.4, -0.2) is 30.7 Å². The van der Waals surface area contributed by atoms with E-state index in [4.69, 9.17) is 0 Å². The zero-order chi connectivity index (χ0) is 10.7. The number of alkyl halides is 1. The van der Waals surface area contributed by atoms with Crippen LogP contribution in [0.1, 0.15) is 12.0 Å². The molecule has 2 rings (SSSR count). The summed E-state index contributed by atoms with van der Waals surface area (Å²) < 4.78 is 14.2. The van der Waals surface area contributed by atoms with Crippen molar-refractivity contribution >= 4 is 22.6 Å². The molecule has 0 radical (unpaired) electrons. The van der Waals surface area contributed by atoms with Crippen molar-refractivity contribution in [2.24, 2.45) is 0 Å². The summed E-state index contributed by atoms with van der Waals surface area (Å²) in [5.41, 5.74) is 1.35. The third-order valence-corrected chi connectivity index (χ3v) is 3.56. The second kappa shape index (κ2) is 5.25. The molecule has 1 aromatic carbocycles. The molecular formula is C12H15FIN. The minimum atomic E-state index is -0.596. The van der Waals surface area contributed by atoms with Crippen molar-refractivity contribution in [1.29, 1.82) is 0 Å². The van der Waals surface area contributed by atoms with Gasteiger partial charge in [-0.15, -0.1) is 0 Å². The molecule has 0 spiro atoms. The minimum Gasteiger partial charge on any atom is -0.300 e. The predicted molar refractivity (Wildman–Crippen MR) is 68.8 cm³/mol. The molecule has 1 aromatic rings. The fraction of sp³-hybridized carbons (Fsp3) is 0.500. The van der Waals surface area contributed by atoms with Crippen LogP contribution in [-0.2, 0) is 6.42 Å². The van der Waals surface area contributed by atoms with E-state index in [1.54, 1.807) is 0 Å². The first kappa shape index (κ1) is 11.3. The topological polar surface area (TPSA) is 3.24 Å². The zero-order valence-corrected chi connectivity index (χ0v) is 10.8. The van der Waals surface area contributed by atoms with Gasteiger partial charge in [0.1, 0.15) is 6.17 Å². The van der Waals surface area contributed by atoms with Gasteiger partial charge in [-0.3, -0.25) is 0 Å². The Morgan fingerprint density at radius 2 is 2.07 bits per heavy atom. The summed E-state index contributed by atoms with van der Waals surface area (Å²) in [7, 11) is 0. The Kier molecular flexibility index (Phi) is 3.97. The Hall–Kier alpha value is -0.160. The molecule has 1 saturated heterocycles. The van der Waals surface area contributed by atoms with E-state index < -0.39 is 6.17 Å². The third-order valence-electron chi connectivity index (χ3n) is 2.84. The molecule has 1 unspecified atom stereocenters. The number of nitrogens with zero attached hydrogens (tertiary/aromatic N) is 1. The molecule has 0 saturated carbocycles. The van der Waals surface area contributed by atoms with E-state index in [1.807, 2.05) is 0 Å². The Morgan fingerprint density at radius 1 is 1.33 bits per heavy atom. The number of hydrogen-bond acceptors (Lipinski definition) is 1. The van der Waals surface area contributed by atoms with Crippen LogP contribution in [0.4, 0.5) is 4.39 Å². The molecule has 0 aromatic heterocycles. The van der Waals surface area contributed by atoms with E-state index >= 15 is 0 Å². The Labute approximate surface area is 104 Å². The van der Waals surface area contributed by atoms with Crippen LogP contribution in [0.5, 0.6) is 0 Å². The number of hydrogen-bond donors (Lipinski definition) is 0. The Morgan fingerprint density at radius 3 is 2.67 bits per heavy atom. The fourth-order valence-electron chi connectivity index (χ4n) is 1.93. The summed E-state index contributed by atoms with van der Waals surface area (Å²) >= 11 is 2.31. The summed E-state index contributed by atoms with van der Waals surface area (Å²) in [6, 6.07) is 8.56. The van der Waals surface area contributed by atoms with Crippen LogP contribution in [0.25, 0.3) is 0 Å². The first-order valence-electron chi connectivity index (χ1n) is 5.35. The zero-order valence-electron chi connectivity index (χ0n) is 8.63. The highest BCUT2D eigenvalue weighted by Crippen LogP contribution is 2.13. The summed E-state index contributed by atoms with van der Waals surface area (Å²) in [5.74, 6) is 0. The Balaban J connectivity index is 1.80. The van der Waals surface area contributed by atoms with Gasteiger partial charge in [-0.05, 0) is 53.1 Å². The predicted octanol–water partition coefficient (Wildman–Crippen LogP) is 2.88. The fourth-order valence-corrected chi connectivity index (χ4v) is 2.29. The second-order valence-corrected chi connectivity index (χ2v) is 5.31. The van der Waals surface area contributed by atoms with E-state index in [2.05, 4.69) is 51.8 Å². The monoisotopic (exact) mass is 319 g/mol. The highest BCUT2D eigenvalue weighted by molar-refractivity contribution is 14.1. The van der Waals surface area contributed by atoms with Crippen molar-refractivity contribution in [3.63, 3.8) is 0 Å². The first-order valence-corrected chi connectivity index (χ1v) is 6.43. The number of benzene rings is 1. The molecule has 1 fully saturated rings. The minimum absolute atomic E-state index is 0.596. The quantitative estimate of drug-likeness (QED) is 0.775. The molecule has 1 nitrogen and oxygen atoms in total. The lowest BCUT2D eigenvalue weighted by atomic mass is 10.1. The van der Waals surface area contributed by atoms with Crippen molar-refractivity contribution in [1.82, 2.24) is 4.90 Å². The van der Waals surface area contributed by atoms with Crippen LogP contribution in [0.2, 0.25) is 0 Å². The van der Waals surface area contributed by atoms with Gasteiger partial charge in [-0.1, -0.05) is 12.1 Å². The number of likely N-dealkylation sites (tertiary alicyclic amines) is 1. The third kappa shape index (κ3) is 3.41. The highest BCUT2D eigenvalue weighted by atomic mass is 127. The molecule has 0 bridgehead atoms. The molecule has 0 aliphatic carbocycles. The van der Waals surface area contributed by atoms with Crippen molar-refractivity contribution in [3.05, 3.63) is 33.4 Å². The lowest BCUT2D eigenvalue weighted by molar-refractivity contribution is 0.290. The highest BCUT2D eigenvalue weighted by Gasteiger charge is 2.20. The van der Waals surface area contributed by atoms with Gasteiger partial charge < -0.3 is 4.90 Å². The summed E-state index contributed by atoms with van der Waals surface area (Å²) in [5, 5.41) is 0. The molecule has 0 N–H and O–H groups in total. The summed E-state index contributed by atoms with van der Waals surface area (Å²) in [6.07, 6.45) is 1.15. The molecule has 1 aliphatic heterocycles. The molecule has 3 heteroatoms. The molecule has 82 valence electrons. The maximum Gasteiger partial charge on any atom is 0.114 e. The summed E-state index contributed by atoms with van der Waals surface area (Å²) in [6.45, 7) is 2.54. The normalized spacial score (nSPS) is 22.1. The molecule has 1 heterocycles. The van der Waals surface area contributed by atoms with Crippen LogP contribution in [0, 0.1) is 3.57 Å². The van der Waals surface area contributed by atoms with Crippen molar-refractivity contribution in [3.8, 4) is 0 Å². The molecule has 1 atom stereocenters. The van der Waals surface area contributed by atoms with Gasteiger partial charge in [0, 0.05) is 23.2 Å². The van der Waals surface area contributed by atoms with Gasteiger partial charge in [0.15, 0.2) is 0 Å². The molecule has 1 aliphatic rings. The van der Waals surface area contributed by atoms with Crippen molar-refractivity contribution in [2.45, 2.75) is 19.0 Å².